The van der Waals surface area contributed by atoms with Crippen LogP contribution >= 0.6 is 0 Å². The fourth-order valence-electron chi connectivity index (χ4n) is 0.874. The van der Waals surface area contributed by atoms with E-state index in [9.17, 15) is 8.42 Å². The number of nitrogens with zero attached hydrogens (tertiary/aromatic N) is 3. The van der Waals surface area contributed by atoms with Crippen molar-refractivity contribution in [2.75, 3.05) is 6.61 Å². The van der Waals surface area contributed by atoms with Crippen LogP contribution in [-0.2, 0) is 20.9 Å². The zero-order chi connectivity index (χ0) is 12.0. The highest BCUT2D eigenvalue weighted by molar-refractivity contribution is 7.85. The highest BCUT2D eigenvalue weighted by Gasteiger charge is 2.06. The van der Waals surface area contributed by atoms with Gasteiger partial charge in [-0.3, -0.25) is 4.18 Å². The smallest absolute Gasteiger partial charge is 0.264 e. The lowest BCUT2D eigenvalue weighted by Gasteiger charge is -2.00. The monoisotopic (exact) mass is 228 g/mol. The number of hydrogen-bond donors (Lipinski definition) is 0. The molecule has 0 aliphatic carbocycles. The normalized spacial score (nSPS) is 13.7. The molecular weight excluding hydrogens is 218 g/mol. The summed E-state index contributed by atoms with van der Waals surface area (Å²) in [5.41, 5.74) is 8.56. The Labute approximate surface area is 88.8 Å². The summed E-state index contributed by atoms with van der Waals surface area (Å²) in [5.74, 6) is 0. The zero-order valence-corrected chi connectivity index (χ0v) is 8.46. The summed E-state index contributed by atoms with van der Waals surface area (Å²) in [7, 11) is -4.25. The van der Waals surface area contributed by atoms with E-state index in [-0.39, 0.29) is 6.61 Å². The van der Waals surface area contributed by atoms with Gasteiger partial charge in [0.05, 0.1) is 11.1 Å². The highest BCUT2D eigenvalue weighted by atomic mass is 32.2. The van der Waals surface area contributed by atoms with Crippen LogP contribution in [0, 0.1) is 0 Å². The van der Waals surface area contributed by atoms with Gasteiger partial charge in [0.15, 0.2) is 0 Å². The van der Waals surface area contributed by atoms with Crippen LogP contribution in [0.3, 0.4) is 0 Å². The zero-order valence-electron chi connectivity index (χ0n) is 8.65. The van der Waals surface area contributed by atoms with Crippen molar-refractivity contribution in [1.82, 2.24) is 0 Å². The predicted molar refractivity (Wildman–Crippen MR) is 54.2 cm³/mol. The molecule has 80 valence electrons. The summed E-state index contributed by atoms with van der Waals surface area (Å²) < 4.78 is 36.1. The molecule has 0 saturated heterocycles. The van der Waals surface area contributed by atoms with Gasteiger partial charge in [0.2, 0.25) is 0 Å². The fourth-order valence-corrected chi connectivity index (χ4v) is 1.25. The maximum absolute atomic E-state index is 10.8. The summed E-state index contributed by atoms with van der Waals surface area (Å²) >= 11 is 0. The predicted octanol–water partition coefficient (Wildman–Crippen LogP) is 1.80. The van der Waals surface area contributed by atoms with Gasteiger partial charge in [-0.15, -0.1) is 0 Å². The third-order valence-electron chi connectivity index (χ3n) is 1.47. The fraction of sp³-hybridized carbons (Fsp3) is 0.250. The Balaban J connectivity index is 2.61. The van der Waals surface area contributed by atoms with Crippen LogP contribution in [0.4, 0.5) is 0 Å². The largest absolute Gasteiger partial charge is 0.358 e. The maximum atomic E-state index is 10.8. The van der Waals surface area contributed by atoms with Gasteiger partial charge in [0.1, 0.15) is 0 Å². The van der Waals surface area contributed by atoms with Crippen LogP contribution in [0.15, 0.2) is 34.9 Å². The van der Waals surface area contributed by atoms with Crippen molar-refractivity contribution in [2.45, 2.75) is 6.40 Å². The molecule has 15 heavy (non-hydrogen) atoms. The van der Waals surface area contributed by atoms with Crippen molar-refractivity contribution >= 4 is 10.3 Å². The minimum Gasteiger partial charge on any atom is -0.264 e. The molecule has 0 N–H and O–H groups in total. The molecule has 0 radical (unpaired) electrons. The average molecular weight is 228 g/mol. The molecule has 1 aromatic rings. The van der Waals surface area contributed by atoms with Crippen molar-refractivity contribution in [1.29, 1.82) is 0 Å². The molecule has 1 atom stereocenters. The van der Waals surface area contributed by atoms with Gasteiger partial charge in [0, 0.05) is 6.28 Å². The molecule has 0 spiro atoms. The van der Waals surface area contributed by atoms with Crippen molar-refractivity contribution < 1.29 is 14.0 Å². The second-order valence-corrected chi connectivity index (χ2v) is 3.75. The summed E-state index contributed by atoms with van der Waals surface area (Å²) in [6.07, 6.45) is -0.843. The molecule has 0 aromatic heterocycles. The Bertz CT molecular complexity index is 485. The van der Waals surface area contributed by atoms with Gasteiger partial charge in [-0.25, -0.2) is 0 Å². The first kappa shape index (κ1) is 9.97. The molecule has 1 aromatic carbocycles. The molecule has 0 saturated carbocycles. The molecule has 0 aliphatic rings. The van der Waals surface area contributed by atoms with Gasteiger partial charge >= 0.3 is 10.3 Å². The molecule has 7 heteroatoms. The van der Waals surface area contributed by atoms with Crippen molar-refractivity contribution in [3.05, 3.63) is 46.3 Å². The Hall–Kier alpha value is -1.56. The lowest BCUT2D eigenvalue weighted by molar-refractivity contribution is 0.322. The lowest BCUT2D eigenvalue weighted by Crippen LogP contribution is -2.04. The van der Waals surface area contributed by atoms with Crippen molar-refractivity contribution in [3.8, 4) is 0 Å². The number of azide groups is 1. The first-order valence-corrected chi connectivity index (χ1v) is 5.34. The minimum atomic E-state index is -4.25. The Morgan fingerprint density at radius 2 is 2.13 bits per heavy atom. The third kappa shape index (κ3) is 4.46. The maximum Gasteiger partial charge on any atom is 0.358 e. The summed E-state index contributed by atoms with van der Waals surface area (Å²) in [6.45, 7) is -0.384. The Morgan fingerprint density at radius 3 is 2.73 bits per heavy atom. The van der Waals surface area contributed by atoms with E-state index in [0.717, 1.165) is 0 Å². The van der Waals surface area contributed by atoms with Gasteiger partial charge in [0.25, 0.3) is 0 Å². The molecule has 0 amide bonds. The molecule has 0 unspecified atom stereocenters. The number of hydrogen-bond acceptors (Lipinski definition) is 3. The Kier molecular flexibility index (Phi) is 3.56. The second kappa shape index (κ2) is 5.35. The van der Waals surface area contributed by atoms with Gasteiger partial charge < -0.3 is 0 Å². The van der Waals surface area contributed by atoms with E-state index < -0.39 is 16.7 Å². The summed E-state index contributed by atoms with van der Waals surface area (Å²) in [4.78, 5) is 2.11. The number of rotatable bonds is 5. The first-order chi connectivity index (χ1) is 7.55. The van der Waals surface area contributed by atoms with E-state index in [1.165, 1.54) is 0 Å². The van der Waals surface area contributed by atoms with Gasteiger partial charge in [-0.05, 0) is 17.5 Å². The van der Waals surface area contributed by atoms with Crippen molar-refractivity contribution in [2.24, 2.45) is 4.52 Å². The van der Waals surface area contributed by atoms with E-state index in [0.29, 0.717) is 5.56 Å². The van der Waals surface area contributed by atoms with E-state index in [4.69, 9.17) is 6.90 Å². The number of benzene rings is 1. The molecule has 0 bridgehead atoms. The standard InChI is InChI=1S/C8H9N3O3S/c9-10-11-15(12,13)14-7-6-8-4-2-1-3-5-8/h1-5H,6-7H2/i6D/t6-/m1/s1. The molecular formula is C8H9N3O3S. The van der Waals surface area contributed by atoms with E-state index in [2.05, 4.69) is 13.6 Å². The van der Waals surface area contributed by atoms with Crippen LogP contribution in [0.2, 0.25) is 0 Å². The third-order valence-corrected chi connectivity index (χ3v) is 2.18. The SMILES string of the molecule is [2H][C@H](COS(=O)(=O)N=[N+]=[N-])c1ccccc1. The van der Waals surface area contributed by atoms with Gasteiger partial charge in [-0.2, -0.15) is 8.42 Å². The van der Waals surface area contributed by atoms with E-state index in [1.807, 2.05) is 0 Å². The first-order valence-electron chi connectivity index (χ1n) is 4.56. The van der Waals surface area contributed by atoms with Crippen LogP contribution in [-0.4, -0.2) is 15.0 Å². The molecule has 0 aliphatic heterocycles. The molecule has 6 nitrogen and oxygen atoms in total. The van der Waals surface area contributed by atoms with Crippen LogP contribution in [0.5, 0.6) is 0 Å². The summed E-state index contributed by atoms with van der Waals surface area (Å²) in [6, 6.07) is 8.62. The average Bonchev–Trinajstić information content (AvgIpc) is 2.27. The van der Waals surface area contributed by atoms with Crippen molar-refractivity contribution in [3.63, 3.8) is 0 Å². The molecule has 1 rings (SSSR count). The topological polar surface area (TPSA) is 92.1 Å². The van der Waals surface area contributed by atoms with Crippen LogP contribution in [0.25, 0.3) is 10.4 Å². The lowest BCUT2D eigenvalue weighted by atomic mass is 10.2. The van der Waals surface area contributed by atoms with Crippen LogP contribution in [0.1, 0.15) is 6.93 Å². The molecule has 0 fully saturated rings. The van der Waals surface area contributed by atoms with E-state index >= 15 is 0 Å². The van der Waals surface area contributed by atoms with E-state index in [1.54, 1.807) is 30.3 Å². The quantitative estimate of drug-likeness (QED) is 0.437. The summed E-state index contributed by atoms with van der Waals surface area (Å²) in [5, 5.41) is 0. The Morgan fingerprint density at radius 1 is 1.47 bits per heavy atom. The molecule has 0 heterocycles. The van der Waals surface area contributed by atoms with Gasteiger partial charge in [-0.1, -0.05) is 30.3 Å². The second-order valence-electron chi connectivity index (χ2n) is 2.50. The van der Waals surface area contributed by atoms with Crippen LogP contribution < -0.4 is 0 Å². The minimum absolute atomic E-state index is 0.384. The highest BCUT2D eigenvalue weighted by Crippen LogP contribution is 2.02.